The topological polar surface area (TPSA) is 32.7 Å². The molecule has 0 saturated carbocycles. The molecule has 1 heterocycles. The number of piperidine rings is 1. The molecule has 3 heteroatoms. The fraction of sp³-hybridized carbons (Fsp3) is 1.00. The monoisotopic (exact) mass is 818 g/mol. The van der Waals surface area contributed by atoms with E-state index in [0.29, 0.717) is 0 Å². The quantitative estimate of drug-likeness (QED) is 0.0621. The molecule has 0 bridgehead atoms. The van der Waals surface area contributed by atoms with Gasteiger partial charge < -0.3 is 5.11 Å². The van der Waals surface area contributed by atoms with Crippen molar-refractivity contribution in [3.05, 3.63) is 0 Å². The van der Waals surface area contributed by atoms with Crippen molar-refractivity contribution in [2.45, 2.75) is 347 Å². The number of nitrogens with zero attached hydrogens (tertiary/aromatic N) is 1. The summed E-state index contributed by atoms with van der Waals surface area (Å²) in [5.41, 5.74) is -0.0505. The number of hydroxylamine groups is 2. The van der Waals surface area contributed by atoms with E-state index in [2.05, 4.69) is 39.7 Å². The molecule has 58 heavy (non-hydrogen) atoms. The summed E-state index contributed by atoms with van der Waals surface area (Å²) in [5, 5.41) is 14.9. The second-order valence-corrected chi connectivity index (χ2v) is 20.0. The van der Waals surface area contributed by atoms with Gasteiger partial charge in [-0.3, -0.25) is 4.84 Å². The Morgan fingerprint density at radius 1 is 0.328 bits per heavy atom. The van der Waals surface area contributed by atoms with Crippen molar-refractivity contribution in [2.75, 3.05) is 6.61 Å². The average molecular weight is 818 g/mol. The molecule has 1 N–H and O–H groups in total. The lowest BCUT2D eigenvalue weighted by molar-refractivity contribution is -0.317. The van der Waals surface area contributed by atoms with Crippen LogP contribution in [0.25, 0.3) is 0 Å². The molecule has 1 fully saturated rings. The van der Waals surface area contributed by atoms with E-state index < -0.39 is 0 Å². The molecule has 0 aromatic carbocycles. The molecule has 0 aliphatic carbocycles. The van der Waals surface area contributed by atoms with E-state index >= 15 is 0 Å². The smallest absolute Gasteiger partial charge is 0.0685 e. The molecule has 1 saturated heterocycles. The van der Waals surface area contributed by atoms with Crippen molar-refractivity contribution in [1.82, 2.24) is 5.06 Å². The molecule has 3 nitrogen and oxygen atoms in total. The number of aliphatic hydroxyl groups is 1. The van der Waals surface area contributed by atoms with Crippen molar-refractivity contribution in [1.29, 1.82) is 0 Å². The maximum absolute atomic E-state index is 12.1. The Morgan fingerprint density at radius 2 is 0.534 bits per heavy atom. The molecule has 0 unspecified atom stereocenters. The summed E-state index contributed by atoms with van der Waals surface area (Å²) >= 11 is 0. The Labute approximate surface area is 367 Å². The van der Waals surface area contributed by atoms with Gasteiger partial charge in [-0.2, -0.15) is 5.06 Å². The van der Waals surface area contributed by atoms with Crippen molar-refractivity contribution in [2.24, 2.45) is 0 Å². The van der Waals surface area contributed by atoms with Gasteiger partial charge in [0, 0.05) is 11.1 Å². The van der Waals surface area contributed by atoms with E-state index in [9.17, 15) is 5.11 Å². The van der Waals surface area contributed by atoms with Crippen LogP contribution in [0.3, 0.4) is 0 Å². The lowest BCUT2D eigenvalue weighted by Gasteiger charge is -2.59. The number of aliphatic hydroxyl groups excluding tert-OH is 1. The standard InChI is InChI=1S/C55H111NO2/c1-6-11-16-21-26-31-36-41-46-54(47-42-37-32-27-22-17-12-7-2)51-53(57)52-55(48-43-38-33-28-23-18-13-8-3,49-44-39-34-29-24-19-14-9-4)56(54)58-50-45-40-35-30-25-20-15-10-5/h53,57H,6-52H2,1-5H3. The van der Waals surface area contributed by atoms with E-state index in [1.807, 2.05) is 0 Å². The highest BCUT2D eigenvalue weighted by Crippen LogP contribution is 2.49. The molecule has 0 atom stereocenters. The van der Waals surface area contributed by atoms with Gasteiger partial charge in [0.2, 0.25) is 0 Å². The SMILES string of the molecule is CCCCCCCCCCON1C(CCCCCCCCCC)(CCCCCCCCCC)CC(O)CC1(CCCCCCCCCC)CCCCCCCCCC. The summed E-state index contributed by atoms with van der Waals surface area (Å²) in [7, 11) is 0. The summed E-state index contributed by atoms with van der Waals surface area (Å²) in [4.78, 5) is 7.42. The third kappa shape index (κ3) is 28.5. The van der Waals surface area contributed by atoms with Crippen LogP contribution in [0, 0.1) is 0 Å². The maximum Gasteiger partial charge on any atom is 0.0685 e. The van der Waals surface area contributed by atoms with Gasteiger partial charge in [0.15, 0.2) is 0 Å². The number of hydrogen-bond donors (Lipinski definition) is 1. The molecular weight excluding hydrogens is 707 g/mol. The van der Waals surface area contributed by atoms with Crippen LogP contribution in [0.4, 0.5) is 0 Å². The van der Waals surface area contributed by atoms with Gasteiger partial charge in [-0.15, -0.1) is 0 Å². The Bertz CT molecular complexity index is 720. The first-order chi connectivity index (χ1) is 28.5. The molecule has 1 aliphatic heterocycles. The largest absolute Gasteiger partial charge is 0.393 e. The van der Waals surface area contributed by atoms with Crippen molar-refractivity contribution < 1.29 is 9.94 Å². The lowest BCUT2D eigenvalue weighted by atomic mass is 9.68. The highest BCUT2D eigenvalue weighted by Gasteiger charge is 2.54. The van der Waals surface area contributed by atoms with Crippen LogP contribution in [0.2, 0.25) is 0 Å². The third-order valence-electron chi connectivity index (χ3n) is 14.3. The molecule has 348 valence electrons. The number of hydrogen-bond acceptors (Lipinski definition) is 3. The first-order valence-electron chi connectivity index (χ1n) is 27.7. The van der Waals surface area contributed by atoms with Crippen LogP contribution < -0.4 is 0 Å². The fourth-order valence-corrected chi connectivity index (χ4v) is 10.7. The Balaban J connectivity index is 3.30. The minimum absolute atomic E-state index is 0.0253. The second kappa shape index (κ2) is 40.9. The molecule has 1 rings (SSSR count). The number of rotatable bonds is 46. The molecule has 0 amide bonds. The molecule has 0 radical (unpaired) electrons. The highest BCUT2D eigenvalue weighted by atomic mass is 16.7. The fourth-order valence-electron chi connectivity index (χ4n) is 10.7. The summed E-state index contributed by atoms with van der Waals surface area (Å²) in [6, 6.07) is 0. The summed E-state index contributed by atoms with van der Waals surface area (Å²) in [5.74, 6) is 0. The van der Waals surface area contributed by atoms with Crippen LogP contribution in [0.5, 0.6) is 0 Å². The van der Waals surface area contributed by atoms with Crippen molar-refractivity contribution in [3.63, 3.8) is 0 Å². The maximum atomic E-state index is 12.1. The van der Waals surface area contributed by atoms with Gasteiger partial charge in [0.25, 0.3) is 0 Å². The van der Waals surface area contributed by atoms with E-state index in [1.54, 1.807) is 0 Å². The normalized spacial score (nSPS) is 15.8. The van der Waals surface area contributed by atoms with Gasteiger partial charge >= 0.3 is 0 Å². The molecule has 1 aliphatic rings. The molecule has 0 aromatic heterocycles. The van der Waals surface area contributed by atoms with Crippen LogP contribution in [-0.4, -0.2) is 34.0 Å². The average Bonchev–Trinajstić information content (AvgIpc) is 3.22. The van der Waals surface area contributed by atoms with Crippen LogP contribution in [0.15, 0.2) is 0 Å². The highest BCUT2D eigenvalue weighted by molar-refractivity contribution is 5.05. The zero-order valence-corrected chi connectivity index (χ0v) is 41.1. The van der Waals surface area contributed by atoms with E-state index in [0.717, 1.165) is 19.4 Å². The van der Waals surface area contributed by atoms with E-state index in [1.165, 1.54) is 283 Å². The summed E-state index contributed by atoms with van der Waals surface area (Å²) in [6.07, 6.45) is 61.0. The Hall–Kier alpha value is -0.120. The minimum Gasteiger partial charge on any atom is -0.393 e. The van der Waals surface area contributed by atoms with Gasteiger partial charge in [-0.05, 0) is 44.9 Å². The zero-order chi connectivity index (χ0) is 42.1. The zero-order valence-electron chi connectivity index (χ0n) is 41.1. The first kappa shape index (κ1) is 55.9. The van der Waals surface area contributed by atoms with Gasteiger partial charge in [0.05, 0.1) is 12.7 Å². The minimum atomic E-state index is -0.200. The summed E-state index contributed by atoms with van der Waals surface area (Å²) in [6.45, 7) is 12.5. The predicted molar refractivity (Wildman–Crippen MR) is 260 cm³/mol. The van der Waals surface area contributed by atoms with E-state index in [-0.39, 0.29) is 17.2 Å². The first-order valence-corrected chi connectivity index (χ1v) is 27.7. The summed E-state index contributed by atoms with van der Waals surface area (Å²) < 4.78 is 0. The van der Waals surface area contributed by atoms with Gasteiger partial charge in [0.1, 0.15) is 0 Å². The number of unbranched alkanes of at least 4 members (excludes halogenated alkanes) is 35. The molecule has 0 spiro atoms. The third-order valence-corrected chi connectivity index (χ3v) is 14.3. The molecular formula is C55H111NO2. The van der Waals surface area contributed by atoms with Crippen molar-refractivity contribution in [3.8, 4) is 0 Å². The van der Waals surface area contributed by atoms with Gasteiger partial charge in [-0.1, -0.05) is 285 Å². The van der Waals surface area contributed by atoms with E-state index in [4.69, 9.17) is 4.84 Å². The second-order valence-electron chi connectivity index (χ2n) is 20.0. The van der Waals surface area contributed by atoms with Crippen LogP contribution >= 0.6 is 0 Å². The Kier molecular flexibility index (Phi) is 39.4. The lowest BCUT2D eigenvalue weighted by Crippen LogP contribution is -2.66. The van der Waals surface area contributed by atoms with Gasteiger partial charge in [-0.25, -0.2) is 0 Å². The van der Waals surface area contributed by atoms with Crippen molar-refractivity contribution >= 4 is 0 Å². The molecule has 0 aromatic rings. The Morgan fingerprint density at radius 3 is 0.776 bits per heavy atom. The predicted octanol–water partition coefficient (Wildman–Crippen LogP) is 19.1. The van der Waals surface area contributed by atoms with Crippen LogP contribution in [0.1, 0.15) is 330 Å². The van der Waals surface area contributed by atoms with Crippen LogP contribution in [-0.2, 0) is 4.84 Å².